The number of piperazine rings is 1. The molecule has 7 nitrogen and oxygen atoms in total. The molecule has 0 unspecified atom stereocenters. The predicted octanol–water partition coefficient (Wildman–Crippen LogP) is 2.53. The molecule has 2 fully saturated rings. The lowest BCUT2D eigenvalue weighted by Crippen LogP contribution is -2.44. The summed E-state index contributed by atoms with van der Waals surface area (Å²) in [5, 5.41) is 0. The second-order valence-corrected chi connectivity index (χ2v) is 8.84. The van der Waals surface area contributed by atoms with Gasteiger partial charge in [-0.25, -0.2) is 0 Å². The van der Waals surface area contributed by atoms with Gasteiger partial charge in [0.1, 0.15) is 0 Å². The highest BCUT2D eigenvalue weighted by atomic mass is 35.5. The zero-order chi connectivity index (χ0) is 22.0. The Balaban J connectivity index is 0.00000289. The molecule has 2 heterocycles. The number of thioether (sulfide) groups is 1. The number of halogens is 4. The van der Waals surface area contributed by atoms with Crippen LogP contribution in [0.1, 0.15) is 11.1 Å². The van der Waals surface area contributed by atoms with Crippen LogP contribution in [0.25, 0.3) is 6.08 Å². The lowest BCUT2D eigenvalue weighted by Gasteiger charge is -2.35. The fourth-order valence-electron chi connectivity index (χ4n) is 3.81. The zero-order valence-electron chi connectivity index (χ0n) is 19.1. The minimum atomic E-state index is -4.39. The van der Waals surface area contributed by atoms with Crippen molar-refractivity contribution >= 4 is 47.5 Å². The molecular formula is C23H31ClF3N3O4S. The third-order valence-corrected chi connectivity index (χ3v) is 6.59. The molecule has 0 radical (unpaired) electrons. The van der Waals surface area contributed by atoms with E-state index in [0.717, 1.165) is 49.6 Å². The van der Waals surface area contributed by atoms with Crippen LogP contribution in [0.5, 0.6) is 0 Å². The number of benzene rings is 2. The van der Waals surface area contributed by atoms with Crippen molar-refractivity contribution < 1.29 is 34.4 Å². The molecule has 0 saturated carbocycles. The van der Waals surface area contributed by atoms with Crippen LogP contribution < -0.4 is 9.80 Å². The van der Waals surface area contributed by atoms with Gasteiger partial charge in [0.25, 0.3) is 5.91 Å². The number of amides is 1. The Labute approximate surface area is 212 Å². The van der Waals surface area contributed by atoms with Crippen molar-refractivity contribution in [1.82, 2.24) is 4.90 Å². The summed E-state index contributed by atoms with van der Waals surface area (Å²) < 4.78 is 38.6. The van der Waals surface area contributed by atoms with Crippen molar-refractivity contribution in [3.63, 3.8) is 0 Å². The zero-order valence-corrected chi connectivity index (χ0v) is 20.8. The molecule has 12 heteroatoms. The van der Waals surface area contributed by atoms with Crippen molar-refractivity contribution in [3.8, 4) is 0 Å². The van der Waals surface area contributed by atoms with Gasteiger partial charge in [-0.3, -0.25) is 4.79 Å². The maximum absolute atomic E-state index is 13.1. The summed E-state index contributed by atoms with van der Waals surface area (Å²) in [6.45, 7) is 4.29. The Morgan fingerprint density at radius 2 is 1.49 bits per heavy atom. The summed E-state index contributed by atoms with van der Waals surface area (Å²) in [5.41, 5.74) is 1.85. The monoisotopic (exact) mass is 537 g/mol. The van der Waals surface area contributed by atoms with Crippen LogP contribution in [0.3, 0.4) is 0 Å². The Morgan fingerprint density at radius 1 is 0.886 bits per heavy atom. The summed E-state index contributed by atoms with van der Waals surface area (Å²) in [6.07, 6.45) is -2.48. The number of carbonyl (C=O) groups is 1. The molecule has 2 aromatic rings. The number of hydrogen-bond acceptors (Lipinski definition) is 4. The lowest BCUT2D eigenvalue weighted by molar-refractivity contribution is -0.137. The van der Waals surface area contributed by atoms with E-state index in [1.165, 1.54) is 23.9 Å². The van der Waals surface area contributed by atoms with E-state index >= 15 is 0 Å². The number of likely N-dealkylation sites (N-methyl/N-ethyl adjacent to an activating group) is 1. The number of para-hydroxylation sites is 1. The normalized spacial score (nSPS) is 17.6. The van der Waals surface area contributed by atoms with Gasteiger partial charge in [0.15, 0.2) is 0 Å². The van der Waals surface area contributed by atoms with E-state index in [1.807, 2.05) is 24.3 Å². The number of hydrogen-bond donors (Lipinski definition) is 0. The lowest BCUT2D eigenvalue weighted by atomic mass is 10.1. The molecule has 0 atom stereocenters. The molecule has 2 aromatic carbocycles. The first kappa shape index (κ1) is 32.7. The molecule has 2 aliphatic heterocycles. The molecule has 4 rings (SSSR count). The van der Waals surface area contributed by atoms with Gasteiger partial charge in [0, 0.05) is 49.9 Å². The average molecular weight is 538 g/mol. The van der Waals surface area contributed by atoms with Crippen LogP contribution in [0.4, 0.5) is 24.5 Å². The highest BCUT2D eigenvalue weighted by Gasteiger charge is 2.31. The molecule has 2 aliphatic rings. The fourth-order valence-corrected chi connectivity index (χ4v) is 4.75. The van der Waals surface area contributed by atoms with E-state index in [-0.39, 0.29) is 34.7 Å². The summed E-state index contributed by atoms with van der Waals surface area (Å²) in [4.78, 5) is 19.9. The second-order valence-electron chi connectivity index (χ2n) is 7.71. The quantitative estimate of drug-likeness (QED) is 0.558. The van der Waals surface area contributed by atoms with Crippen LogP contribution in [0.15, 0.2) is 53.4 Å². The topological polar surface area (TPSA) is 121 Å². The Hall–Kier alpha value is -2.28. The van der Waals surface area contributed by atoms with Gasteiger partial charge >= 0.3 is 6.18 Å². The van der Waals surface area contributed by atoms with Gasteiger partial charge < -0.3 is 31.1 Å². The van der Waals surface area contributed by atoms with E-state index in [4.69, 9.17) is 0 Å². The Kier molecular flexibility index (Phi) is 12.8. The van der Waals surface area contributed by atoms with Crippen LogP contribution in [-0.2, 0) is 11.0 Å². The first-order chi connectivity index (χ1) is 14.8. The van der Waals surface area contributed by atoms with Crippen LogP contribution in [0, 0.1) is 0 Å². The van der Waals surface area contributed by atoms with E-state index < -0.39 is 11.7 Å². The Bertz CT molecular complexity index is 985. The van der Waals surface area contributed by atoms with Gasteiger partial charge in [-0.05, 0) is 49.0 Å². The van der Waals surface area contributed by atoms with Crippen LogP contribution in [0.2, 0.25) is 0 Å². The number of rotatable bonds is 3. The fraction of sp³-hybridized carbons (Fsp3) is 0.348. The van der Waals surface area contributed by atoms with Crippen molar-refractivity contribution in [1.29, 1.82) is 0 Å². The van der Waals surface area contributed by atoms with Crippen molar-refractivity contribution in [2.75, 3.05) is 55.3 Å². The smallest absolute Gasteiger partial charge is 0.412 e. The molecule has 35 heavy (non-hydrogen) atoms. The molecule has 0 aromatic heterocycles. The van der Waals surface area contributed by atoms with Gasteiger partial charge in [-0.1, -0.05) is 18.2 Å². The SMILES string of the molecule is CN1CCN(c2ccccc2C=C2SCCN(c3ccc(C(F)(F)F)cc3)C2=O)CC1.Cl.O.O.O. The first-order valence-corrected chi connectivity index (χ1v) is 11.2. The minimum absolute atomic E-state index is 0. The number of anilines is 2. The molecule has 0 aliphatic carbocycles. The largest absolute Gasteiger partial charge is 0.416 e. The molecule has 0 bridgehead atoms. The minimum Gasteiger partial charge on any atom is -0.412 e. The van der Waals surface area contributed by atoms with Crippen LogP contribution in [-0.4, -0.2) is 72.8 Å². The molecule has 6 N–H and O–H groups in total. The summed E-state index contributed by atoms with van der Waals surface area (Å²) >= 11 is 1.49. The third kappa shape index (κ3) is 7.60. The molecule has 2 saturated heterocycles. The van der Waals surface area contributed by atoms with Gasteiger partial charge in [0.2, 0.25) is 0 Å². The van der Waals surface area contributed by atoms with Gasteiger partial charge in [-0.15, -0.1) is 24.2 Å². The van der Waals surface area contributed by atoms with E-state index in [9.17, 15) is 18.0 Å². The molecule has 0 spiro atoms. The van der Waals surface area contributed by atoms with E-state index in [2.05, 4.69) is 22.9 Å². The summed E-state index contributed by atoms with van der Waals surface area (Å²) in [7, 11) is 2.11. The summed E-state index contributed by atoms with van der Waals surface area (Å²) in [6, 6.07) is 12.8. The average Bonchev–Trinajstić information content (AvgIpc) is 2.76. The maximum Gasteiger partial charge on any atom is 0.416 e. The van der Waals surface area contributed by atoms with E-state index in [1.54, 1.807) is 4.90 Å². The van der Waals surface area contributed by atoms with Gasteiger partial charge in [0.05, 0.1) is 10.5 Å². The first-order valence-electron chi connectivity index (χ1n) is 10.2. The predicted molar refractivity (Wildman–Crippen MR) is 138 cm³/mol. The number of nitrogens with zero attached hydrogens (tertiary/aromatic N) is 3. The van der Waals surface area contributed by atoms with Crippen molar-refractivity contribution in [2.45, 2.75) is 6.18 Å². The highest BCUT2D eigenvalue weighted by Crippen LogP contribution is 2.34. The molecule has 1 amide bonds. The van der Waals surface area contributed by atoms with Crippen molar-refractivity contribution in [3.05, 3.63) is 64.6 Å². The number of alkyl halides is 3. The summed E-state index contributed by atoms with van der Waals surface area (Å²) in [5.74, 6) is 0.513. The second kappa shape index (κ2) is 13.7. The van der Waals surface area contributed by atoms with Gasteiger partial charge in [-0.2, -0.15) is 13.2 Å². The van der Waals surface area contributed by atoms with Crippen molar-refractivity contribution in [2.24, 2.45) is 0 Å². The number of carbonyl (C=O) groups excluding carboxylic acids is 1. The van der Waals surface area contributed by atoms with Crippen LogP contribution >= 0.6 is 24.2 Å². The Morgan fingerprint density at radius 3 is 2.09 bits per heavy atom. The maximum atomic E-state index is 13.1. The standard InChI is InChI=1S/C23H24F3N3OS.ClH.3H2O/c1-27-10-12-28(13-11-27)20-5-3-2-4-17(20)16-21-22(30)29(14-15-31-21)19-8-6-18(7-9-19)23(24,25)26;;;;/h2-9,16H,10-15H2,1H3;1H;3*1H2. The third-order valence-electron chi connectivity index (χ3n) is 5.60. The highest BCUT2D eigenvalue weighted by molar-refractivity contribution is 8.04. The molecule has 196 valence electrons. The van der Waals surface area contributed by atoms with E-state index in [0.29, 0.717) is 22.9 Å². The molecular weight excluding hydrogens is 507 g/mol.